The number of nitrogens with one attached hydrogen (secondary N) is 1. The first-order valence-corrected chi connectivity index (χ1v) is 7.32. The van der Waals surface area contributed by atoms with E-state index in [0.29, 0.717) is 25.3 Å². The van der Waals surface area contributed by atoms with E-state index in [1.54, 1.807) is 7.11 Å². The Kier molecular flexibility index (Phi) is 5.73. The standard InChI is InChI=1S/C10H20N4O3S/c1-3-14-10(18(11,15)16)9(8-13-14)7-12-5-4-6-17-2/h8,12H,3-7H2,1-2H3,(H2,11,15,16). The van der Waals surface area contributed by atoms with E-state index in [4.69, 9.17) is 9.88 Å². The monoisotopic (exact) mass is 276 g/mol. The molecule has 0 saturated heterocycles. The molecule has 0 bridgehead atoms. The number of hydrogen-bond acceptors (Lipinski definition) is 5. The minimum Gasteiger partial charge on any atom is -0.385 e. The number of aromatic nitrogens is 2. The molecule has 1 rings (SSSR count). The SMILES string of the molecule is CCn1ncc(CNCCCOC)c1S(N)(=O)=O. The Morgan fingerprint density at radius 3 is 2.83 bits per heavy atom. The van der Waals surface area contributed by atoms with Gasteiger partial charge >= 0.3 is 0 Å². The van der Waals surface area contributed by atoms with Crippen LogP contribution in [0.15, 0.2) is 11.2 Å². The molecule has 3 N–H and O–H groups in total. The summed E-state index contributed by atoms with van der Waals surface area (Å²) >= 11 is 0. The van der Waals surface area contributed by atoms with E-state index in [1.807, 2.05) is 6.92 Å². The normalized spacial score (nSPS) is 11.9. The summed E-state index contributed by atoms with van der Waals surface area (Å²) in [6, 6.07) is 0. The number of sulfonamides is 1. The molecule has 8 heteroatoms. The molecule has 0 unspecified atom stereocenters. The Hall–Kier alpha value is -0.960. The number of aryl methyl sites for hydroxylation is 1. The highest BCUT2D eigenvalue weighted by atomic mass is 32.2. The van der Waals surface area contributed by atoms with Crippen LogP contribution < -0.4 is 10.5 Å². The van der Waals surface area contributed by atoms with Gasteiger partial charge < -0.3 is 10.1 Å². The summed E-state index contributed by atoms with van der Waals surface area (Å²) in [5.41, 5.74) is 0.594. The minimum atomic E-state index is -3.74. The Morgan fingerprint density at radius 2 is 2.28 bits per heavy atom. The molecular weight excluding hydrogens is 256 g/mol. The Balaban J connectivity index is 2.69. The fraction of sp³-hybridized carbons (Fsp3) is 0.700. The van der Waals surface area contributed by atoms with Crippen molar-refractivity contribution in [2.45, 2.75) is 31.5 Å². The summed E-state index contributed by atoms with van der Waals surface area (Å²) in [5.74, 6) is 0. The molecule has 1 aromatic heterocycles. The van der Waals surface area contributed by atoms with Gasteiger partial charge in [-0.05, 0) is 19.9 Å². The van der Waals surface area contributed by atoms with Crippen LogP contribution >= 0.6 is 0 Å². The maximum atomic E-state index is 11.5. The van der Waals surface area contributed by atoms with Gasteiger partial charge in [0.1, 0.15) is 0 Å². The lowest BCUT2D eigenvalue weighted by molar-refractivity contribution is 0.194. The van der Waals surface area contributed by atoms with Crippen molar-refractivity contribution in [3.05, 3.63) is 11.8 Å². The number of nitrogens with two attached hydrogens (primary N) is 1. The van der Waals surface area contributed by atoms with Crippen molar-refractivity contribution in [2.75, 3.05) is 20.3 Å². The Labute approximate surface area is 107 Å². The number of rotatable bonds is 8. The topological polar surface area (TPSA) is 99.2 Å². The smallest absolute Gasteiger partial charge is 0.255 e. The molecule has 7 nitrogen and oxygen atoms in total. The Morgan fingerprint density at radius 1 is 1.56 bits per heavy atom. The lowest BCUT2D eigenvalue weighted by atomic mass is 10.3. The molecule has 104 valence electrons. The van der Waals surface area contributed by atoms with Gasteiger partial charge in [0.15, 0.2) is 5.03 Å². The van der Waals surface area contributed by atoms with Crippen molar-refractivity contribution < 1.29 is 13.2 Å². The fourth-order valence-corrected chi connectivity index (χ4v) is 2.61. The van der Waals surface area contributed by atoms with Gasteiger partial charge in [0.25, 0.3) is 10.0 Å². The molecule has 0 aromatic carbocycles. The van der Waals surface area contributed by atoms with Crippen LogP contribution in [0, 0.1) is 0 Å². The predicted octanol–water partition coefficient (Wildman–Crippen LogP) is -0.323. The molecule has 0 spiro atoms. The summed E-state index contributed by atoms with van der Waals surface area (Å²) < 4.78 is 29.3. The van der Waals surface area contributed by atoms with Gasteiger partial charge in [-0.25, -0.2) is 13.6 Å². The molecule has 0 aliphatic carbocycles. The molecule has 0 aliphatic heterocycles. The minimum absolute atomic E-state index is 0.0873. The van der Waals surface area contributed by atoms with E-state index in [-0.39, 0.29) is 5.03 Å². The van der Waals surface area contributed by atoms with E-state index < -0.39 is 10.0 Å². The number of methoxy groups -OCH3 is 1. The molecule has 18 heavy (non-hydrogen) atoms. The summed E-state index contributed by atoms with van der Waals surface area (Å²) in [6.45, 7) is 4.13. The van der Waals surface area contributed by atoms with E-state index >= 15 is 0 Å². The summed E-state index contributed by atoms with van der Waals surface area (Å²) in [5, 5.41) is 12.4. The van der Waals surface area contributed by atoms with E-state index in [9.17, 15) is 8.42 Å². The number of hydrogen-bond donors (Lipinski definition) is 2. The summed E-state index contributed by atoms with van der Waals surface area (Å²) in [4.78, 5) is 0. The highest BCUT2D eigenvalue weighted by molar-refractivity contribution is 7.89. The highest BCUT2D eigenvalue weighted by Crippen LogP contribution is 2.13. The molecular formula is C10H20N4O3S. The molecule has 0 aliphatic rings. The van der Waals surface area contributed by atoms with Crippen molar-refractivity contribution in [3.63, 3.8) is 0 Å². The van der Waals surface area contributed by atoms with Crippen molar-refractivity contribution in [2.24, 2.45) is 5.14 Å². The third-order valence-electron chi connectivity index (χ3n) is 2.45. The molecule has 0 atom stereocenters. The first-order valence-electron chi connectivity index (χ1n) is 5.77. The molecule has 0 radical (unpaired) electrons. The van der Waals surface area contributed by atoms with Crippen LogP contribution in [0.4, 0.5) is 0 Å². The second kappa shape index (κ2) is 6.83. The second-order valence-electron chi connectivity index (χ2n) is 3.86. The third-order valence-corrected chi connectivity index (χ3v) is 3.46. The van der Waals surface area contributed by atoms with Crippen molar-refractivity contribution >= 4 is 10.0 Å². The fourth-order valence-electron chi connectivity index (χ4n) is 1.65. The van der Waals surface area contributed by atoms with Gasteiger partial charge in [0, 0.05) is 32.4 Å². The van der Waals surface area contributed by atoms with Gasteiger partial charge in [0.2, 0.25) is 0 Å². The molecule has 0 saturated carbocycles. The number of primary sulfonamides is 1. The number of nitrogens with zero attached hydrogens (tertiary/aromatic N) is 2. The molecule has 0 amide bonds. The molecule has 1 heterocycles. The third kappa shape index (κ3) is 4.05. The van der Waals surface area contributed by atoms with E-state index in [2.05, 4.69) is 10.4 Å². The van der Waals surface area contributed by atoms with Crippen molar-refractivity contribution in [1.82, 2.24) is 15.1 Å². The maximum Gasteiger partial charge on any atom is 0.255 e. The maximum absolute atomic E-state index is 11.5. The van der Waals surface area contributed by atoms with Gasteiger partial charge in [-0.15, -0.1) is 0 Å². The average Bonchev–Trinajstić information content (AvgIpc) is 2.71. The average molecular weight is 276 g/mol. The molecule has 0 fully saturated rings. The summed E-state index contributed by atoms with van der Waals surface area (Å²) in [6.07, 6.45) is 2.40. The number of ether oxygens (including phenoxy) is 1. The quantitative estimate of drug-likeness (QED) is 0.634. The Bertz CT molecular complexity index is 469. The van der Waals surface area contributed by atoms with Gasteiger partial charge in [-0.1, -0.05) is 0 Å². The largest absolute Gasteiger partial charge is 0.385 e. The molecule has 1 aromatic rings. The van der Waals surface area contributed by atoms with Crippen LogP contribution in [-0.4, -0.2) is 38.5 Å². The lowest BCUT2D eigenvalue weighted by Crippen LogP contribution is -2.22. The van der Waals surface area contributed by atoms with Crippen molar-refractivity contribution in [1.29, 1.82) is 0 Å². The van der Waals surface area contributed by atoms with Gasteiger partial charge in [-0.3, -0.25) is 4.68 Å². The van der Waals surface area contributed by atoms with Gasteiger partial charge in [0.05, 0.1) is 6.20 Å². The van der Waals surface area contributed by atoms with Crippen LogP contribution in [0.2, 0.25) is 0 Å². The summed E-state index contributed by atoms with van der Waals surface area (Å²) in [7, 11) is -2.10. The zero-order chi connectivity index (χ0) is 13.6. The predicted molar refractivity (Wildman–Crippen MR) is 67.5 cm³/mol. The highest BCUT2D eigenvalue weighted by Gasteiger charge is 2.19. The first kappa shape index (κ1) is 15.1. The van der Waals surface area contributed by atoms with Gasteiger partial charge in [-0.2, -0.15) is 5.10 Å². The van der Waals surface area contributed by atoms with Crippen LogP contribution in [0.25, 0.3) is 0 Å². The van der Waals surface area contributed by atoms with E-state index in [1.165, 1.54) is 10.9 Å². The first-order chi connectivity index (χ1) is 8.50. The van der Waals surface area contributed by atoms with Crippen LogP contribution in [0.3, 0.4) is 0 Å². The van der Waals surface area contributed by atoms with Crippen LogP contribution in [-0.2, 0) is 27.8 Å². The van der Waals surface area contributed by atoms with Crippen LogP contribution in [0.5, 0.6) is 0 Å². The van der Waals surface area contributed by atoms with Crippen molar-refractivity contribution in [3.8, 4) is 0 Å². The second-order valence-corrected chi connectivity index (χ2v) is 5.34. The zero-order valence-corrected chi connectivity index (χ0v) is 11.5. The van der Waals surface area contributed by atoms with E-state index in [0.717, 1.165) is 13.0 Å². The van der Waals surface area contributed by atoms with Crippen LogP contribution in [0.1, 0.15) is 18.9 Å². The lowest BCUT2D eigenvalue weighted by Gasteiger charge is -2.06. The zero-order valence-electron chi connectivity index (χ0n) is 10.7.